The highest BCUT2D eigenvalue weighted by Crippen LogP contribution is 2.15. The molecule has 3 N–H and O–H groups in total. The number of fused-ring (bicyclic) bond motifs is 1. The molecule has 0 saturated heterocycles. The normalized spacial score (nSPS) is 13.9. The van der Waals surface area contributed by atoms with Gasteiger partial charge in [-0.1, -0.05) is 12.1 Å². The van der Waals surface area contributed by atoms with E-state index in [1.54, 1.807) is 0 Å². The number of aromatic nitrogens is 2. The van der Waals surface area contributed by atoms with Gasteiger partial charge in [0.25, 0.3) is 5.56 Å². The quantitative estimate of drug-likeness (QED) is 0.761. The van der Waals surface area contributed by atoms with Crippen molar-refractivity contribution >= 4 is 11.6 Å². The first kappa shape index (κ1) is 11.9. The third-order valence-corrected chi connectivity index (χ3v) is 3.23. The largest absolute Gasteiger partial charge is 0.326 e. The molecule has 1 aromatic carbocycles. The van der Waals surface area contributed by atoms with Gasteiger partial charge in [0.1, 0.15) is 0 Å². The van der Waals surface area contributed by atoms with Crippen molar-refractivity contribution in [3.63, 3.8) is 0 Å². The van der Waals surface area contributed by atoms with E-state index in [4.69, 9.17) is 0 Å². The van der Waals surface area contributed by atoms with Gasteiger partial charge in [-0.3, -0.25) is 9.78 Å². The minimum atomic E-state index is -0.0401. The molecular weight excluding hydrogens is 240 g/mol. The van der Waals surface area contributed by atoms with Crippen molar-refractivity contribution in [1.29, 1.82) is 0 Å². The molecular formula is C14H16N4O. The monoisotopic (exact) mass is 256 g/mol. The Morgan fingerprint density at radius 2 is 2.26 bits per heavy atom. The zero-order chi connectivity index (χ0) is 13.2. The number of anilines is 2. The molecule has 2 heterocycles. The Morgan fingerprint density at radius 3 is 3.11 bits per heavy atom. The Balaban J connectivity index is 1.94. The average molecular weight is 256 g/mol. The second-order valence-corrected chi connectivity index (χ2v) is 4.76. The van der Waals surface area contributed by atoms with E-state index in [0.29, 0.717) is 12.5 Å². The third-order valence-electron chi connectivity index (χ3n) is 3.23. The molecule has 0 bridgehead atoms. The van der Waals surface area contributed by atoms with Gasteiger partial charge in [-0.25, -0.2) is 4.98 Å². The lowest BCUT2D eigenvalue weighted by molar-refractivity contribution is 0.620. The summed E-state index contributed by atoms with van der Waals surface area (Å²) in [6.07, 6.45) is 0.738. The summed E-state index contributed by atoms with van der Waals surface area (Å²) in [4.78, 5) is 19.2. The molecule has 0 amide bonds. The van der Waals surface area contributed by atoms with Crippen LogP contribution < -0.4 is 16.2 Å². The molecule has 0 atom stereocenters. The van der Waals surface area contributed by atoms with Crippen molar-refractivity contribution in [2.24, 2.45) is 0 Å². The second kappa shape index (κ2) is 4.85. The Labute approximate surface area is 111 Å². The molecule has 98 valence electrons. The fourth-order valence-corrected chi connectivity index (χ4v) is 2.29. The first-order chi connectivity index (χ1) is 9.22. The van der Waals surface area contributed by atoms with Crippen LogP contribution in [0.1, 0.15) is 16.8 Å². The number of hydrogen-bond acceptors (Lipinski definition) is 4. The van der Waals surface area contributed by atoms with E-state index in [2.05, 4.69) is 20.6 Å². The second-order valence-electron chi connectivity index (χ2n) is 4.76. The summed E-state index contributed by atoms with van der Waals surface area (Å²) in [5, 5.41) is 6.37. The van der Waals surface area contributed by atoms with Crippen molar-refractivity contribution in [3.8, 4) is 0 Å². The molecule has 0 saturated carbocycles. The molecule has 19 heavy (non-hydrogen) atoms. The van der Waals surface area contributed by atoms with Gasteiger partial charge in [-0.15, -0.1) is 0 Å². The molecule has 0 aliphatic carbocycles. The van der Waals surface area contributed by atoms with Crippen LogP contribution in [-0.2, 0) is 13.0 Å². The minimum Gasteiger partial charge on any atom is -0.326 e. The molecule has 1 aliphatic rings. The van der Waals surface area contributed by atoms with Crippen LogP contribution in [0.2, 0.25) is 0 Å². The fraction of sp³-hybridized carbons (Fsp3) is 0.286. The molecule has 1 aliphatic heterocycles. The van der Waals surface area contributed by atoms with Gasteiger partial charge in [0, 0.05) is 17.8 Å². The highest BCUT2D eigenvalue weighted by molar-refractivity contribution is 5.54. The molecule has 2 aromatic rings. The lowest BCUT2D eigenvalue weighted by Crippen LogP contribution is -2.31. The maximum absolute atomic E-state index is 12.0. The highest BCUT2D eigenvalue weighted by atomic mass is 16.1. The predicted molar refractivity (Wildman–Crippen MR) is 74.7 cm³/mol. The van der Waals surface area contributed by atoms with Crippen molar-refractivity contribution in [2.75, 3.05) is 11.9 Å². The van der Waals surface area contributed by atoms with Crippen molar-refractivity contribution < 1.29 is 0 Å². The zero-order valence-corrected chi connectivity index (χ0v) is 10.8. The van der Waals surface area contributed by atoms with Crippen molar-refractivity contribution in [2.45, 2.75) is 19.9 Å². The first-order valence-corrected chi connectivity index (χ1v) is 6.39. The first-order valence-electron chi connectivity index (χ1n) is 6.39. The van der Waals surface area contributed by atoms with Crippen LogP contribution in [-0.4, -0.2) is 16.5 Å². The van der Waals surface area contributed by atoms with Crippen LogP contribution in [0.15, 0.2) is 29.1 Å². The smallest absolute Gasteiger partial charge is 0.255 e. The Hall–Kier alpha value is -2.14. The summed E-state index contributed by atoms with van der Waals surface area (Å²) < 4.78 is 0. The Morgan fingerprint density at radius 1 is 1.37 bits per heavy atom. The molecule has 5 heteroatoms. The van der Waals surface area contributed by atoms with E-state index in [1.165, 1.54) is 0 Å². The number of nitrogens with one attached hydrogen (secondary N) is 3. The molecule has 0 spiro atoms. The number of aromatic amines is 1. The molecule has 0 fully saturated rings. The molecule has 0 radical (unpaired) electrons. The topological polar surface area (TPSA) is 69.8 Å². The van der Waals surface area contributed by atoms with Gasteiger partial charge in [0.05, 0.1) is 5.69 Å². The van der Waals surface area contributed by atoms with Crippen LogP contribution in [0.4, 0.5) is 11.6 Å². The summed E-state index contributed by atoms with van der Waals surface area (Å²) in [5.74, 6) is 0.498. The predicted octanol–water partition coefficient (Wildman–Crippen LogP) is 1.47. The van der Waals surface area contributed by atoms with Gasteiger partial charge < -0.3 is 10.6 Å². The fourth-order valence-electron chi connectivity index (χ4n) is 2.29. The van der Waals surface area contributed by atoms with E-state index < -0.39 is 0 Å². The third kappa shape index (κ3) is 2.51. The Bertz CT molecular complexity index is 663. The lowest BCUT2D eigenvalue weighted by Gasteiger charge is -2.16. The van der Waals surface area contributed by atoms with Gasteiger partial charge in [-0.2, -0.15) is 0 Å². The number of hydrogen-bond donors (Lipinski definition) is 3. The maximum Gasteiger partial charge on any atom is 0.255 e. The number of H-pyrrole nitrogens is 1. The average Bonchev–Trinajstić information content (AvgIpc) is 2.39. The lowest BCUT2D eigenvalue weighted by atomic mass is 10.1. The maximum atomic E-state index is 12.0. The Kier molecular flexibility index (Phi) is 3.05. The van der Waals surface area contributed by atoms with Crippen LogP contribution in [0.5, 0.6) is 0 Å². The molecule has 0 unspecified atom stereocenters. The van der Waals surface area contributed by atoms with E-state index in [1.807, 2.05) is 31.2 Å². The summed E-state index contributed by atoms with van der Waals surface area (Å²) in [5.41, 5.74) is 3.68. The standard InChI is InChI=1S/C14H16N4O/c1-9-3-2-4-10(7-9)16-14-17-12-8-15-6-5-11(12)13(19)18-14/h2-4,7,15H,5-6,8H2,1H3,(H2,16,17,18,19). The molecule has 1 aromatic heterocycles. The van der Waals surface area contributed by atoms with E-state index in [0.717, 1.165) is 35.5 Å². The van der Waals surface area contributed by atoms with E-state index >= 15 is 0 Å². The minimum absolute atomic E-state index is 0.0401. The van der Waals surface area contributed by atoms with Gasteiger partial charge in [0.2, 0.25) is 5.95 Å². The SMILES string of the molecule is Cc1cccc(Nc2nc3c(c(=O)[nH]2)CCNC3)c1. The summed E-state index contributed by atoms with van der Waals surface area (Å²) in [6.45, 7) is 3.52. The summed E-state index contributed by atoms with van der Waals surface area (Å²) in [7, 11) is 0. The number of rotatable bonds is 2. The number of nitrogens with zero attached hydrogens (tertiary/aromatic N) is 1. The van der Waals surface area contributed by atoms with E-state index in [-0.39, 0.29) is 5.56 Å². The van der Waals surface area contributed by atoms with E-state index in [9.17, 15) is 4.79 Å². The van der Waals surface area contributed by atoms with Crippen LogP contribution in [0.25, 0.3) is 0 Å². The zero-order valence-electron chi connectivity index (χ0n) is 10.8. The molecule has 5 nitrogen and oxygen atoms in total. The number of benzene rings is 1. The van der Waals surface area contributed by atoms with Gasteiger partial charge >= 0.3 is 0 Å². The van der Waals surface area contributed by atoms with Crippen LogP contribution >= 0.6 is 0 Å². The van der Waals surface area contributed by atoms with Gasteiger partial charge in [0.15, 0.2) is 0 Å². The molecule has 3 rings (SSSR count). The highest BCUT2D eigenvalue weighted by Gasteiger charge is 2.14. The van der Waals surface area contributed by atoms with Crippen molar-refractivity contribution in [1.82, 2.24) is 15.3 Å². The van der Waals surface area contributed by atoms with Crippen LogP contribution in [0.3, 0.4) is 0 Å². The number of aryl methyl sites for hydroxylation is 1. The summed E-state index contributed by atoms with van der Waals surface area (Å²) >= 11 is 0. The van der Waals surface area contributed by atoms with Crippen molar-refractivity contribution in [3.05, 3.63) is 51.4 Å². The summed E-state index contributed by atoms with van der Waals surface area (Å²) in [6, 6.07) is 7.95. The van der Waals surface area contributed by atoms with Crippen LogP contribution in [0, 0.1) is 6.92 Å². The van der Waals surface area contributed by atoms with Gasteiger partial charge in [-0.05, 0) is 37.6 Å².